The second-order valence-corrected chi connectivity index (χ2v) is 4.86. The maximum atomic E-state index is 11.4. The van der Waals surface area contributed by atoms with Gasteiger partial charge in [-0.25, -0.2) is 0 Å². The predicted octanol–water partition coefficient (Wildman–Crippen LogP) is 2.38. The van der Waals surface area contributed by atoms with E-state index in [1.807, 2.05) is 0 Å². The lowest BCUT2D eigenvalue weighted by molar-refractivity contribution is -0.119. The average Bonchev–Trinajstić information content (AvgIpc) is 1.99. The smallest absolute Gasteiger partial charge is 0.146 e. The second-order valence-electron chi connectivity index (χ2n) is 4.86. The molecule has 0 amide bonds. The molecule has 0 aromatic rings. The molecule has 0 radical (unpaired) electrons. The van der Waals surface area contributed by atoms with E-state index < -0.39 is 0 Å². The van der Waals surface area contributed by atoms with E-state index >= 15 is 0 Å². The Morgan fingerprint density at radius 3 is 2.31 bits per heavy atom. The summed E-state index contributed by atoms with van der Waals surface area (Å²) in [5.41, 5.74) is 0.0467. The molecule has 0 saturated heterocycles. The molecule has 0 bridgehead atoms. The molecule has 1 atom stereocenters. The van der Waals surface area contributed by atoms with Crippen molar-refractivity contribution in [2.45, 2.75) is 53.0 Å². The van der Waals surface area contributed by atoms with Crippen LogP contribution in [0.15, 0.2) is 0 Å². The minimum Gasteiger partial charge on any atom is -0.305 e. The van der Waals surface area contributed by atoms with Crippen LogP contribution in [0.4, 0.5) is 0 Å². The van der Waals surface area contributed by atoms with Gasteiger partial charge in [0.05, 0.1) is 6.54 Å². The molecule has 0 aliphatic carbocycles. The number of ketones is 1. The monoisotopic (exact) mass is 185 g/mol. The van der Waals surface area contributed by atoms with Crippen LogP contribution in [0.5, 0.6) is 0 Å². The number of Topliss-reactive ketones (excluding diaryl/α,β-unsaturated/α-hetero) is 1. The van der Waals surface area contributed by atoms with Gasteiger partial charge >= 0.3 is 0 Å². The summed E-state index contributed by atoms with van der Waals surface area (Å²) in [4.78, 5) is 11.4. The number of nitrogens with one attached hydrogen (secondary N) is 1. The van der Waals surface area contributed by atoms with E-state index in [2.05, 4.69) is 39.9 Å². The van der Waals surface area contributed by atoms with Gasteiger partial charge in [0.15, 0.2) is 0 Å². The average molecular weight is 185 g/mol. The Hall–Kier alpha value is -0.370. The Morgan fingerprint density at radius 2 is 1.92 bits per heavy atom. The largest absolute Gasteiger partial charge is 0.305 e. The Morgan fingerprint density at radius 1 is 1.38 bits per heavy atom. The number of rotatable bonds is 5. The van der Waals surface area contributed by atoms with Crippen LogP contribution >= 0.6 is 0 Å². The molecule has 1 unspecified atom stereocenters. The molecule has 0 fully saturated rings. The van der Waals surface area contributed by atoms with E-state index in [1.54, 1.807) is 0 Å². The van der Waals surface area contributed by atoms with Crippen molar-refractivity contribution in [2.24, 2.45) is 5.92 Å². The molecule has 2 heteroatoms. The zero-order valence-corrected chi connectivity index (χ0v) is 9.61. The molecular weight excluding hydrogens is 162 g/mol. The van der Waals surface area contributed by atoms with Crippen molar-refractivity contribution in [3.63, 3.8) is 0 Å². The van der Waals surface area contributed by atoms with Crippen molar-refractivity contribution >= 4 is 5.78 Å². The first kappa shape index (κ1) is 12.6. The Bertz CT molecular complexity index is 158. The summed E-state index contributed by atoms with van der Waals surface area (Å²) in [5.74, 6) is 0.846. The minimum atomic E-state index is 0.0467. The van der Waals surface area contributed by atoms with Gasteiger partial charge in [0.25, 0.3) is 0 Å². The van der Waals surface area contributed by atoms with Gasteiger partial charge in [0.1, 0.15) is 5.78 Å². The SMILES string of the molecule is CCC(C)CC(=O)CNC(C)(C)C. The molecule has 78 valence electrons. The van der Waals surface area contributed by atoms with E-state index in [1.165, 1.54) is 0 Å². The molecule has 0 aliphatic rings. The molecule has 0 rings (SSSR count). The van der Waals surface area contributed by atoms with Gasteiger partial charge < -0.3 is 5.32 Å². The highest BCUT2D eigenvalue weighted by molar-refractivity contribution is 5.80. The molecule has 0 aliphatic heterocycles. The lowest BCUT2D eigenvalue weighted by atomic mass is 10.0. The van der Waals surface area contributed by atoms with Gasteiger partial charge in [-0.3, -0.25) is 4.79 Å². The normalized spacial score (nSPS) is 14.2. The molecule has 2 nitrogen and oxygen atoms in total. The van der Waals surface area contributed by atoms with E-state index in [-0.39, 0.29) is 5.54 Å². The van der Waals surface area contributed by atoms with Crippen LogP contribution in [-0.4, -0.2) is 17.9 Å². The molecule has 1 N–H and O–H groups in total. The fraction of sp³-hybridized carbons (Fsp3) is 0.909. The van der Waals surface area contributed by atoms with E-state index in [0.717, 1.165) is 6.42 Å². The highest BCUT2D eigenvalue weighted by Crippen LogP contribution is 2.07. The third-order valence-corrected chi connectivity index (χ3v) is 2.09. The van der Waals surface area contributed by atoms with Crippen molar-refractivity contribution in [3.8, 4) is 0 Å². The summed E-state index contributed by atoms with van der Waals surface area (Å²) in [7, 11) is 0. The van der Waals surface area contributed by atoms with E-state index in [0.29, 0.717) is 24.7 Å². The lowest BCUT2D eigenvalue weighted by Gasteiger charge is -2.20. The molecule has 0 spiro atoms. The summed E-state index contributed by atoms with van der Waals surface area (Å²) in [6, 6.07) is 0. The van der Waals surface area contributed by atoms with Crippen LogP contribution in [-0.2, 0) is 4.79 Å². The first-order valence-electron chi connectivity index (χ1n) is 5.12. The molecule has 0 aromatic carbocycles. The second kappa shape index (κ2) is 5.38. The standard InChI is InChI=1S/C11H23NO/c1-6-9(2)7-10(13)8-12-11(3,4)5/h9,12H,6-8H2,1-5H3. The molecule has 0 saturated carbocycles. The van der Waals surface area contributed by atoms with Gasteiger partial charge in [-0.2, -0.15) is 0 Å². The van der Waals surface area contributed by atoms with Crippen LogP contribution in [0.2, 0.25) is 0 Å². The Labute approximate surface area is 82.1 Å². The zero-order chi connectivity index (χ0) is 10.5. The van der Waals surface area contributed by atoms with Crippen LogP contribution in [0.1, 0.15) is 47.5 Å². The third kappa shape index (κ3) is 7.97. The highest BCUT2D eigenvalue weighted by Gasteiger charge is 2.12. The summed E-state index contributed by atoms with van der Waals surface area (Å²) in [6.07, 6.45) is 1.79. The molecule has 13 heavy (non-hydrogen) atoms. The van der Waals surface area contributed by atoms with Gasteiger partial charge in [0.2, 0.25) is 0 Å². The number of carbonyl (C=O) groups excluding carboxylic acids is 1. The summed E-state index contributed by atoms with van der Waals surface area (Å²) in [5, 5.41) is 3.20. The van der Waals surface area contributed by atoms with Gasteiger partial charge in [0, 0.05) is 12.0 Å². The highest BCUT2D eigenvalue weighted by atomic mass is 16.1. The zero-order valence-electron chi connectivity index (χ0n) is 9.61. The van der Waals surface area contributed by atoms with E-state index in [9.17, 15) is 4.79 Å². The number of hydrogen-bond donors (Lipinski definition) is 1. The van der Waals surface area contributed by atoms with Gasteiger partial charge in [-0.05, 0) is 26.7 Å². The summed E-state index contributed by atoms with van der Waals surface area (Å²) >= 11 is 0. The van der Waals surface area contributed by atoms with Crippen LogP contribution in [0.25, 0.3) is 0 Å². The molecule has 0 heterocycles. The van der Waals surface area contributed by atoms with Crippen LogP contribution in [0.3, 0.4) is 0 Å². The number of carbonyl (C=O) groups is 1. The Kier molecular flexibility index (Phi) is 5.23. The number of hydrogen-bond acceptors (Lipinski definition) is 2. The fourth-order valence-electron chi connectivity index (χ4n) is 0.969. The van der Waals surface area contributed by atoms with Crippen molar-refractivity contribution in [3.05, 3.63) is 0 Å². The summed E-state index contributed by atoms with van der Waals surface area (Å²) in [6.45, 7) is 11.0. The van der Waals surface area contributed by atoms with Crippen LogP contribution < -0.4 is 5.32 Å². The summed E-state index contributed by atoms with van der Waals surface area (Å²) < 4.78 is 0. The predicted molar refractivity (Wildman–Crippen MR) is 56.8 cm³/mol. The maximum absolute atomic E-state index is 11.4. The quantitative estimate of drug-likeness (QED) is 0.712. The van der Waals surface area contributed by atoms with Gasteiger partial charge in [-0.1, -0.05) is 20.3 Å². The third-order valence-electron chi connectivity index (χ3n) is 2.09. The maximum Gasteiger partial charge on any atom is 0.146 e. The minimum absolute atomic E-state index is 0.0467. The first-order chi connectivity index (χ1) is 5.85. The van der Waals surface area contributed by atoms with Gasteiger partial charge in [-0.15, -0.1) is 0 Å². The topological polar surface area (TPSA) is 29.1 Å². The van der Waals surface area contributed by atoms with Crippen LogP contribution in [0, 0.1) is 5.92 Å². The van der Waals surface area contributed by atoms with Crippen molar-refractivity contribution in [1.82, 2.24) is 5.32 Å². The lowest BCUT2D eigenvalue weighted by Crippen LogP contribution is -2.39. The molecule has 0 aromatic heterocycles. The van der Waals surface area contributed by atoms with E-state index in [4.69, 9.17) is 0 Å². The van der Waals surface area contributed by atoms with Crippen molar-refractivity contribution in [1.29, 1.82) is 0 Å². The van der Waals surface area contributed by atoms with Crippen molar-refractivity contribution < 1.29 is 4.79 Å². The molecular formula is C11H23NO. The first-order valence-corrected chi connectivity index (χ1v) is 5.12. The fourth-order valence-corrected chi connectivity index (χ4v) is 0.969. The van der Waals surface area contributed by atoms with Crippen molar-refractivity contribution in [2.75, 3.05) is 6.54 Å². The Balaban J connectivity index is 3.64.